The Morgan fingerprint density at radius 2 is 1.88 bits per heavy atom. The number of aryl methyl sites for hydroxylation is 1. The van der Waals surface area contributed by atoms with Crippen LogP contribution < -0.4 is 5.32 Å². The molecule has 0 saturated carbocycles. The molecule has 0 fully saturated rings. The first-order valence-corrected chi connectivity index (χ1v) is 10.9. The molecule has 0 bridgehead atoms. The third-order valence-corrected chi connectivity index (χ3v) is 5.85. The number of ether oxygens (including phenoxy) is 1. The lowest BCUT2D eigenvalue weighted by molar-refractivity contribution is 0.158. The lowest BCUT2D eigenvalue weighted by Crippen LogP contribution is -2.47. The van der Waals surface area contributed by atoms with Gasteiger partial charge in [0.2, 0.25) is 5.82 Å². The second kappa shape index (κ2) is 9.54. The molecule has 0 saturated heterocycles. The van der Waals surface area contributed by atoms with Gasteiger partial charge in [-0.3, -0.25) is 4.90 Å². The lowest BCUT2D eigenvalue weighted by Gasteiger charge is -2.35. The van der Waals surface area contributed by atoms with E-state index in [0.29, 0.717) is 29.9 Å². The molecule has 1 aliphatic rings. The summed E-state index contributed by atoms with van der Waals surface area (Å²) < 4.78 is 10.9. The molecule has 2 amide bonds. The van der Waals surface area contributed by atoms with Crippen molar-refractivity contribution in [2.45, 2.75) is 26.3 Å². The third-order valence-electron chi connectivity index (χ3n) is 5.60. The highest BCUT2D eigenvalue weighted by atomic mass is 35.5. The first kappa shape index (κ1) is 22.0. The van der Waals surface area contributed by atoms with Crippen LogP contribution >= 0.6 is 11.6 Å². The summed E-state index contributed by atoms with van der Waals surface area (Å²) >= 11 is 6.07. The molecule has 4 rings (SSSR count). The van der Waals surface area contributed by atoms with Crippen molar-refractivity contribution < 1.29 is 14.1 Å². The summed E-state index contributed by atoms with van der Waals surface area (Å²) in [5.41, 5.74) is 4.46. The zero-order valence-electron chi connectivity index (χ0n) is 18.3. The summed E-state index contributed by atoms with van der Waals surface area (Å²) in [4.78, 5) is 19.2. The summed E-state index contributed by atoms with van der Waals surface area (Å²) in [5, 5.41) is 7.88. The zero-order valence-corrected chi connectivity index (χ0v) is 19.0. The quantitative estimate of drug-likeness (QED) is 0.539. The van der Waals surface area contributed by atoms with Crippen LogP contribution in [0.15, 0.2) is 58.8 Å². The van der Waals surface area contributed by atoms with Crippen molar-refractivity contribution in [2.75, 3.05) is 20.3 Å². The second-order valence-electron chi connectivity index (χ2n) is 7.55. The Balaban J connectivity index is 1.76. The van der Waals surface area contributed by atoms with E-state index >= 15 is 0 Å². The lowest BCUT2D eigenvalue weighted by atomic mass is 9.94. The molecule has 0 spiro atoms. The summed E-state index contributed by atoms with van der Waals surface area (Å²) in [6.07, 6.45) is 0.962. The summed E-state index contributed by atoms with van der Waals surface area (Å²) in [6.45, 7) is 4.81. The fourth-order valence-corrected chi connectivity index (χ4v) is 3.88. The minimum Gasteiger partial charge on any atom is -0.383 e. The largest absolute Gasteiger partial charge is 0.383 e. The summed E-state index contributed by atoms with van der Waals surface area (Å²) in [7, 11) is 1.60. The Bertz CT molecular complexity index is 1120. The predicted octanol–water partition coefficient (Wildman–Crippen LogP) is 5.10. The summed E-state index contributed by atoms with van der Waals surface area (Å²) in [6, 6.07) is 14.8. The molecular formula is C24H25ClN4O3. The van der Waals surface area contributed by atoms with Crippen LogP contribution in [0.2, 0.25) is 5.02 Å². The highest BCUT2D eigenvalue weighted by Crippen LogP contribution is 2.37. The van der Waals surface area contributed by atoms with E-state index in [2.05, 4.69) is 34.5 Å². The number of allylic oxidation sites excluding steroid dienone is 1. The van der Waals surface area contributed by atoms with Crippen molar-refractivity contribution in [2.24, 2.45) is 0 Å². The number of hydrogen-bond acceptors (Lipinski definition) is 5. The number of benzene rings is 2. The Kier molecular flexibility index (Phi) is 6.58. The van der Waals surface area contributed by atoms with Crippen molar-refractivity contribution in [1.29, 1.82) is 0 Å². The maximum atomic E-state index is 12.9. The average Bonchev–Trinajstić information content (AvgIpc) is 3.29. The molecule has 166 valence electrons. The van der Waals surface area contributed by atoms with Gasteiger partial charge >= 0.3 is 6.03 Å². The van der Waals surface area contributed by atoms with Crippen molar-refractivity contribution in [3.63, 3.8) is 0 Å². The highest BCUT2D eigenvalue weighted by Gasteiger charge is 2.35. The molecule has 3 aromatic rings. The topological polar surface area (TPSA) is 80.5 Å². The van der Waals surface area contributed by atoms with E-state index in [1.165, 1.54) is 5.56 Å². The molecule has 8 heteroatoms. The number of nitrogens with zero attached hydrogens (tertiary/aromatic N) is 3. The second-order valence-corrected chi connectivity index (χ2v) is 7.99. The van der Waals surface area contributed by atoms with Crippen molar-refractivity contribution in [1.82, 2.24) is 20.4 Å². The Morgan fingerprint density at radius 3 is 2.53 bits per heavy atom. The van der Waals surface area contributed by atoms with Crippen LogP contribution in [0.1, 0.15) is 36.9 Å². The van der Waals surface area contributed by atoms with Gasteiger partial charge in [0.15, 0.2) is 0 Å². The average molecular weight is 453 g/mol. The predicted molar refractivity (Wildman–Crippen MR) is 123 cm³/mol. The van der Waals surface area contributed by atoms with Crippen LogP contribution in [-0.4, -0.2) is 41.3 Å². The molecule has 1 aromatic heterocycles. The van der Waals surface area contributed by atoms with Crippen molar-refractivity contribution >= 4 is 23.2 Å². The van der Waals surface area contributed by atoms with E-state index < -0.39 is 6.04 Å². The van der Waals surface area contributed by atoms with Crippen LogP contribution in [-0.2, 0) is 11.2 Å². The Morgan fingerprint density at radius 1 is 1.16 bits per heavy atom. The fourth-order valence-electron chi connectivity index (χ4n) is 3.76. The van der Waals surface area contributed by atoms with Gasteiger partial charge in [0.05, 0.1) is 24.8 Å². The van der Waals surface area contributed by atoms with Gasteiger partial charge in [-0.15, -0.1) is 0 Å². The molecule has 1 atom stereocenters. The molecule has 7 nitrogen and oxygen atoms in total. The molecule has 0 aliphatic carbocycles. The number of carbonyl (C=O) groups excluding carboxylic acids is 1. The van der Waals surface area contributed by atoms with Crippen LogP contribution in [0.5, 0.6) is 0 Å². The minimum absolute atomic E-state index is 0.210. The van der Waals surface area contributed by atoms with E-state index in [-0.39, 0.29) is 6.03 Å². The monoisotopic (exact) mass is 452 g/mol. The van der Waals surface area contributed by atoms with Gasteiger partial charge in [0, 0.05) is 23.4 Å². The van der Waals surface area contributed by atoms with E-state index in [1.807, 2.05) is 31.2 Å². The van der Waals surface area contributed by atoms with Crippen LogP contribution in [0.4, 0.5) is 4.79 Å². The van der Waals surface area contributed by atoms with E-state index in [4.69, 9.17) is 20.9 Å². The molecule has 0 radical (unpaired) electrons. The number of aromatic nitrogens is 2. The standard InChI is InChI=1S/C24H25ClN4O3/c1-4-16-5-7-18(8-6-16)22-27-23(32-28-22)20-15(2)29(13-14-31-3)24(30)26-21(20)17-9-11-19(25)12-10-17/h5-12,21H,4,13-14H2,1-3H3,(H,26,30). The number of methoxy groups -OCH3 is 1. The molecular weight excluding hydrogens is 428 g/mol. The number of urea groups is 1. The number of nitrogens with one attached hydrogen (secondary N) is 1. The van der Waals surface area contributed by atoms with Gasteiger partial charge in [-0.2, -0.15) is 4.98 Å². The van der Waals surface area contributed by atoms with Gasteiger partial charge < -0.3 is 14.6 Å². The first-order chi connectivity index (χ1) is 15.5. The molecule has 2 aromatic carbocycles. The van der Waals surface area contributed by atoms with E-state index in [1.54, 1.807) is 24.1 Å². The molecule has 1 unspecified atom stereocenters. The maximum Gasteiger partial charge on any atom is 0.322 e. The number of amides is 2. The van der Waals surface area contributed by atoms with Crippen molar-refractivity contribution in [3.8, 4) is 11.4 Å². The Labute approximate surface area is 192 Å². The maximum absolute atomic E-state index is 12.9. The third kappa shape index (κ3) is 4.40. The van der Waals surface area contributed by atoms with Gasteiger partial charge in [-0.25, -0.2) is 4.79 Å². The normalized spacial score (nSPS) is 16.4. The minimum atomic E-state index is -0.450. The van der Waals surface area contributed by atoms with Gasteiger partial charge in [0.1, 0.15) is 0 Å². The van der Waals surface area contributed by atoms with Crippen LogP contribution in [0.25, 0.3) is 17.0 Å². The first-order valence-electron chi connectivity index (χ1n) is 10.5. The number of rotatable bonds is 7. The zero-order chi connectivity index (χ0) is 22.7. The molecule has 2 heterocycles. The molecule has 1 aliphatic heterocycles. The number of hydrogen-bond donors (Lipinski definition) is 1. The summed E-state index contributed by atoms with van der Waals surface area (Å²) in [5.74, 6) is 0.859. The van der Waals surface area contributed by atoms with Crippen LogP contribution in [0.3, 0.4) is 0 Å². The number of halogens is 1. The fraction of sp³-hybridized carbons (Fsp3) is 0.292. The number of carbonyl (C=O) groups is 1. The highest BCUT2D eigenvalue weighted by molar-refractivity contribution is 6.30. The van der Waals surface area contributed by atoms with E-state index in [9.17, 15) is 4.79 Å². The van der Waals surface area contributed by atoms with Gasteiger partial charge in [-0.1, -0.05) is 60.1 Å². The smallest absolute Gasteiger partial charge is 0.322 e. The molecule has 32 heavy (non-hydrogen) atoms. The van der Waals surface area contributed by atoms with Crippen LogP contribution in [0, 0.1) is 0 Å². The molecule has 1 N–H and O–H groups in total. The van der Waals surface area contributed by atoms with E-state index in [0.717, 1.165) is 28.8 Å². The van der Waals surface area contributed by atoms with Gasteiger partial charge in [0.25, 0.3) is 5.89 Å². The SMILES string of the molecule is CCc1ccc(-c2noc(C3=C(C)N(CCOC)C(=O)NC3c3ccc(Cl)cc3)n2)cc1. The van der Waals surface area contributed by atoms with Crippen molar-refractivity contribution in [3.05, 3.63) is 76.3 Å². The van der Waals surface area contributed by atoms with Gasteiger partial charge in [-0.05, 0) is 36.6 Å². The Hall–Kier alpha value is -3.16.